The van der Waals surface area contributed by atoms with Crippen LogP contribution < -0.4 is 10.6 Å². The summed E-state index contributed by atoms with van der Waals surface area (Å²) in [7, 11) is 0. The summed E-state index contributed by atoms with van der Waals surface area (Å²) in [6, 6.07) is 8.06. The molecule has 1 aromatic rings. The minimum absolute atomic E-state index is 0.0736. The number of nitrogens with one attached hydrogen (secondary N) is 2. The first-order valence-corrected chi connectivity index (χ1v) is 5.86. The van der Waals surface area contributed by atoms with E-state index in [1.165, 1.54) is 0 Å². The molecule has 0 atom stereocenters. The van der Waals surface area contributed by atoms with Crippen LogP contribution in [0.4, 0.5) is 0 Å². The van der Waals surface area contributed by atoms with Gasteiger partial charge in [-0.2, -0.15) is 0 Å². The van der Waals surface area contributed by atoms with Crippen molar-refractivity contribution in [3.05, 3.63) is 34.9 Å². The topological polar surface area (TPSA) is 41.1 Å². The Morgan fingerprint density at radius 1 is 1.44 bits per heavy atom. The summed E-state index contributed by atoms with van der Waals surface area (Å²) in [6.45, 7) is 1.03. The molecule has 3 nitrogen and oxygen atoms in total. The first-order chi connectivity index (χ1) is 7.74. The number of hydrogen-bond donors (Lipinski definition) is 2. The lowest BCUT2D eigenvalue weighted by molar-refractivity contribution is -0.120. The normalized spacial score (nSPS) is 14.8. The monoisotopic (exact) mass is 238 g/mol. The summed E-state index contributed by atoms with van der Waals surface area (Å²) in [5.74, 6) is 0.0736. The second-order valence-electron chi connectivity index (χ2n) is 4.08. The van der Waals surface area contributed by atoms with E-state index >= 15 is 0 Å². The fourth-order valence-corrected chi connectivity index (χ4v) is 1.69. The van der Waals surface area contributed by atoms with E-state index in [2.05, 4.69) is 10.6 Å². The summed E-state index contributed by atoms with van der Waals surface area (Å²) in [4.78, 5) is 11.4. The highest BCUT2D eigenvalue weighted by molar-refractivity contribution is 6.30. The zero-order valence-electron chi connectivity index (χ0n) is 9.00. The van der Waals surface area contributed by atoms with Gasteiger partial charge < -0.3 is 10.6 Å². The van der Waals surface area contributed by atoms with Gasteiger partial charge in [-0.15, -0.1) is 0 Å². The summed E-state index contributed by atoms with van der Waals surface area (Å²) in [5, 5.41) is 6.74. The van der Waals surface area contributed by atoms with Crippen LogP contribution in [0.2, 0.25) is 5.02 Å². The number of carbonyl (C=O) groups is 1. The summed E-state index contributed by atoms with van der Waals surface area (Å²) in [6.07, 6.45) is 2.25. The second kappa shape index (κ2) is 5.32. The fourth-order valence-electron chi connectivity index (χ4n) is 1.47. The van der Waals surface area contributed by atoms with E-state index in [-0.39, 0.29) is 5.91 Å². The Bertz CT molecular complexity index is 377. The maximum atomic E-state index is 11.4. The Labute approximate surface area is 100 Å². The number of amides is 1. The Morgan fingerprint density at radius 3 is 2.94 bits per heavy atom. The van der Waals surface area contributed by atoms with Crippen molar-refractivity contribution in [3.63, 3.8) is 0 Å². The van der Waals surface area contributed by atoms with Gasteiger partial charge in [0.1, 0.15) is 0 Å². The minimum atomic E-state index is 0.0736. The molecule has 1 saturated carbocycles. The highest BCUT2D eigenvalue weighted by Crippen LogP contribution is 2.18. The third-order valence-electron chi connectivity index (χ3n) is 2.45. The van der Waals surface area contributed by atoms with Gasteiger partial charge in [0.2, 0.25) is 5.91 Å². The van der Waals surface area contributed by atoms with E-state index in [9.17, 15) is 4.79 Å². The van der Waals surface area contributed by atoms with Gasteiger partial charge in [-0.05, 0) is 30.5 Å². The molecule has 0 bridgehead atoms. The molecule has 1 fully saturated rings. The molecular weight excluding hydrogens is 224 g/mol. The van der Waals surface area contributed by atoms with Gasteiger partial charge in [0.05, 0.1) is 6.54 Å². The first kappa shape index (κ1) is 11.4. The summed E-state index contributed by atoms with van der Waals surface area (Å²) < 4.78 is 0. The van der Waals surface area contributed by atoms with Crippen molar-refractivity contribution in [1.29, 1.82) is 0 Å². The standard InChI is InChI=1S/C12H15ClN2O/c13-10-3-1-2-9(6-10)7-14-8-12(16)15-11-4-5-11/h1-3,6,11,14H,4-5,7-8H2,(H,15,16). The van der Waals surface area contributed by atoms with Crippen molar-refractivity contribution < 1.29 is 4.79 Å². The predicted molar refractivity (Wildman–Crippen MR) is 64.3 cm³/mol. The lowest BCUT2D eigenvalue weighted by Crippen LogP contribution is -2.34. The molecule has 0 aliphatic heterocycles. The average Bonchev–Trinajstić information content (AvgIpc) is 3.02. The number of benzene rings is 1. The van der Waals surface area contributed by atoms with Gasteiger partial charge in [0, 0.05) is 17.6 Å². The van der Waals surface area contributed by atoms with Gasteiger partial charge in [-0.25, -0.2) is 0 Å². The van der Waals surface area contributed by atoms with Crippen LogP contribution in [0.1, 0.15) is 18.4 Å². The average molecular weight is 239 g/mol. The van der Waals surface area contributed by atoms with Crippen LogP contribution in [0.15, 0.2) is 24.3 Å². The van der Waals surface area contributed by atoms with E-state index < -0.39 is 0 Å². The fraction of sp³-hybridized carbons (Fsp3) is 0.417. The van der Waals surface area contributed by atoms with E-state index in [1.807, 2.05) is 24.3 Å². The van der Waals surface area contributed by atoms with Gasteiger partial charge in [0.25, 0.3) is 0 Å². The molecule has 0 aromatic heterocycles. The smallest absolute Gasteiger partial charge is 0.234 e. The van der Waals surface area contributed by atoms with Crippen molar-refractivity contribution in [2.75, 3.05) is 6.54 Å². The molecule has 1 aliphatic carbocycles. The zero-order chi connectivity index (χ0) is 11.4. The molecule has 0 unspecified atom stereocenters. The zero-order valence-corrected chi connectivity index (χ0v) is 9.76. The molecule has 2 rings (SSSR count). The SMILES string of the molecule is O=C(CNCc1cccc(Cl)c1)NC1CC1. The van der Waals surface area contributed by atoms with Gasteiger partial charge in [0.15, 0.2) is 0 Å². The molecule has 4 heteroatoms. The van der Waals surface area contributed by atoms with E-state index in [4.69, 9.17) is 11.6 Å². The number of rotatable bonds is 5. The van der Waals surface area contributed by atoms with Crippen LogP contribution in [0, 0.1) is 0 Å². The summed E-state index contributed by atoms with van der Waals surface area (Å²) in [5.41, 5.74) is 1.09. The van der Waals surface area contributed by atoms with E-state index in [0.29, 0.717) is 19.1 Å². The highest BCUT2D eigenvalue weighted by atomic mass is 35.5. The minimum Gasteiger partial charge on any atom is -0.352 e. The lowest BCUT2D eigenvalue weighted by atomic mass is 10.2. The van der Waals surface area contributed by atoms with Crippen molar-refractivity contribution in [3.8, 4) is 0 Å². The Morgan fingerprint density at radius 2 is 2.25 bits per heavy atom. The summed E-state index contributed by atoms with van der Waals surface area (Å²) >= 11 is 5.86. The van der Waals surface area contributed by atoms with Crippen LogP contribution >= 0.6 is 11.6 Å². The van der Waals surface area contributed by atoms with Gasteiger partial charge in [-0.1, -0.05) is 23.7 Å². The molecule has 0 heterocycles. The molecule has 2 N–H and O–H groups in total. The molecule has 1 amide bonds. The van der Waals surface area contributed by atoms with E-state index in [1.54, 1.807) is 0 Å². The van der Waals surface area contributed by atoms with Crippen LogP contribution in [0.25, 0.3) is 0 Å². The molecule has 0 spiro atoms. The molecule has 16 heavy (non-hydrogen) atoms. The van der Waals surface area contributed by atoms with Gasteiger partial charge in [-0.3, -0.25) is 4.79 Å². The molecular formula is C12H15ClN2O. The number of halogens is 1. The van der Waals surface area contributed by atoms with E-state index in [0.717, 1.165) is 23.4 Å². The van der Waals surface area contributed by atoms with Crippen molar-refractivity contribution >= 4 is 17.5 Å². The molecule has 86 valence electrons. The van der Waals surface area contributed by atoms with Crippen molar-refractivity contribution in [2.24, 2.45) is 0 Å². The molecule has 1 aromatic carbocycles. The van der Waals surface area contributed by atoms with Gasteiger partial charge >= 0.3 is 0 Å². The third kappa shape index (κ3) is 3.83. The second-order valence-corrected chi connectivity index (χ2v) is 4.51. The van der Waals surface area contributed by atoms with Crippen LogP contribution in [0.3, 0.4) is 0 Å². The Hall–Kier alpha value is -1.06. The lowest BCUT2D eigenvalue weighted by Gasteiger charge is -2.05. The number of hydrogen-bond acceptors (Lipinski definition) is 2. The Kier molecular flexibility index (Phi) is 3.80. The third-order valence-corrected chi connectivity index (χ3v) is 2.68. The van der Waals surface area contributed by atoms with Crippen LogP contribution in [-0.4, -0.2) is 18.5 Å². The first-order valence-electron chi connectivity index (χ1n) is 5.48. The predicted octanol–water partition coefficient (Wildman–Crippen LogP) is 1.71. The largest absolute Gasteiger partial charge is 0.352 e. The molecule has 0 radical (unpaired) electrons. The molecule has 0 saturated heterocycles. The quantitative estimate of drug-likeness (QED) is 0.820. The van der Waals surface area contributed by atoms with Crippen molar-refractivity contribution in [2.45, 2.75) is 25.4 Å². The highest BCUT2D eigenvalue weighted by Gasteiger charge is 2.22. The maximum Gasteiger partial charge on any atom is 0.234 e. The van der Waals surface area contributed by atoms with Crippen LogP contribution in [0.5, 0.6) is 0 Å². The maximum absolute atomic E-state index is 11.4. The Balaban J connectivity index is 1.68. The van der Waals surface area contributed by atoms with Crippen LogP contribution in [-0.2, 0) is 11.3 Å². The van der Waals surface area contributed by atoms with Crippen molar-refractivity contribution in [1.82, 2.24) is 10.6 Å². The number of carbonyl (C=O) groups excluding carboxylic acids is 1. The molecule has 1 aliphatic rings.